The number of likely N-dealkylation sites (tertiary alicyclic amines) is 1. The lowest BCUT2D eigenvalue weighted by Crippen LogP contribution is -2.43. The quantitative estimate of drug-likeness (QED) is 0.770. The van der Waals surface area contributed by atoms with Crippen molar-refractivity contribution in [3.63, 3.8) is 0 Å². The van der Waals surface area contributed by atoms with E-state index >= 15 is 0 Å². The monoisotopic (exact) mass is 400 g/mol. The van der Waals surface area contributed by atoms with Gasteiger partial charge < -0.3 is 24.1 Å². The first-order valence-electron chi connectivity index (χ1n) is 9.97. The van der Waals surface area contributed by atoms with Crippen LogP contribution in [0.15, 0.2) is 41.0 Å². The van der Waals surface area contributed by atoms with E-state index in [2.05, 4.69) is 5.32 Å². The summed E-state index contributed by atoms with van der Waals surface area (Å²) in [6.07, 6.45) is 2.76. The number of ether oxygens (including phenoxy) is 2. The van der Waals surface area contributed by atoms with Crippen LogP contribution in [0, 0.1) is 5.92 Å². The molecule has 1 unspecified atom stereocenters. The van der Waals surface area contributed by atoms with E-state index in [0.717, 1.165) is 5.56 Å². The second-order valence-electron chi connectivity index (χ2n) is 7.12. The predicted octanol–water partition coefficient (Wildman–Crippen LogP) is 3.42. The molecule has 1 aliphatic heterocycles. The molecule has 0 bridgehead atoms. The van der Waals surface area contributed by atoms with Crippen LogP contribution in [0.25, 0.3) is 0 Å². The smallest absolute Gasteiger partial charge is 0.289 e. The van der Waals surface area contributed by atoms with Gasteiger partial charge in [0.2, 0.25) is 5.91 Å². The summed E-state index contributed by atoms with van der Waals surface area (Å²) in [5, 5.41) is 3.08. The van der Waals surface area contributed by atoms with Gasteiger partial charge in [-0.25, -0.2) is 0 Å². The summed E-state index contributed by atoms with van der Waals surface area (Å²) in [7, 11) is 1.60. The minimum Gasteiger partial charge on any atom is -0.493 e. The molecule has 7 heteroatoms. The summed E-state index contributed by atoms with van der Waals surface area (Å²) in [5.74, 6) is 1.45. The van der Waals surface area contributed by atoms with Crippen molar-refractivity contribution in [3.8, 4) is 11.5 Å². The highest BCUT2D eigenvalue weighted by Crippen LogP contribution is 2.30. The van der Waals surface area contributed by atoms with Gasteiger partial charge in [-0.2, -0.15) is 0 Å². The number of hydrogen-bond donors (Lipinski definition) is 1. The topological polar surface area (TPSA) is 81.0 Å². The normalized spacial score (nSPS) is 15.6. The Labute approximate surface area is 171 Å². The number of carbonyl (C=O) groups excluding carboxylic acids is 2. The molecule has 2 amide bonds. The number of benzene rings is 1. The van der Waals surface area contributed by atoms with Crippen LogP contribution < -0.4 is 14.8 Å². The van der Waals surface area contributed by atoms with Crippen molar-refractivity contribution in [2.24, 2.45) is 5.92 Å². The van der Waals surface area contributed by atoms with Gasteiger partial charge in [-0.15, -0.1) is 0 Å². The Morgan fingerprint density at radius 3 is 2.62 bits per heavy atom. The highest BCUT2D eigenvalue weighted by molar-refractivity contribution is 5.91. The summed E-state index contributed by atoms with van der Waals surface area (Å²) in [6.45, 7) is 5.52. The Balaban J connectivity index is 1.55. The zero-order chi connectivity index (χ0) is 20.8. The standard InChI is InChI=1S/C22H28N2O5/c1-4-28-18-8-7-17(14-20(18)27-3)15(2)23-21(25)16-9-11-24(12-10-16)22(26)19-6-5-13-29-19/h5-8,13-16H,4,9-12H2,1-3H3,(H,23,25). The van der Waals surface area contributed by atoms with E-state index in [9.17, 15) is 9.59 Å². The number of methoxy groups -OCH3 is 1. The van der Waals surface area contributed by atoms with Gasteiger partial charge in [0.1, 0.15) is 0 Å². The van der Waals surface area contributed by atoms with Gasteiger partial charge in [0, 0.05) is 19.0 Å². The highest BCUT2D eigenvalue weighted by Gasteiger charge is 2.29. The number of hydrogen-bond acceptors (Lipinski definition) is 5. The van der Waals surface area contributed by atoms with Crippen LogP contribution in [0.1, 0.15) is 48.8 Å². The Bertz CT molecular complexity index is 826. The molecular weight excluding hydrogens is 372 g/mol. The van der Waals surface area contributed by atoms with Crippen LogP contribution in [0.4, 0.5) is 0 Å². The third kappa shape index (κ3) is 4.91. The number of carbonyl (C=O) groups is 2. The Morgan fingerprint density at radius 1 is 1.24 bits per heavy atom. The van der Waals surface area contributed by atoms with Gasteiger partial charge in [-0.1, -0.05) is 6.07 Å². The molecule has 1 aromatic carbocycles. The minimum absolute atomic E-state index is 0.00968. The molecule has 29 heavy (non-hydrogen) atoms. The third-order valence-electron chi connectivity index (χ3n) is 5.23. The van der Waals surface area contributed by atoms with Gasteiger partial charge in [0.05, 0.1) is 26.0 Å². The molecule has 2 aromatic rings. The predicted molar refractivity (Wildman–Crippen MR) is 108 cm³/mol. The molecule has 1 aromatic heterocycles. The van der Waals surface area contributed by atoms with E-state index in [0.29, 0.717) is 49.8 Å². The van der Waals surface area contributed by atoms with Crippen molar-refractivity contribution >= 4 is 11.8 Å². The van der Waals surface area contributed by atoms with E-state index < -0.39 is 0 Å². The molecule has 156 valence electrons. The first-order valence-corrected chi connectivity index (χ1v) is 9.97. The minimum atomic E-state index is -0.158. The van der Waals surface area contributed by atoms with E-state index in [4.69, 9.17) is 13.9 Å². The maximum atomic E-state index is 12.7. The summed E-state index contributed by atoms with van der Waals surface area (Å²) < 4.78 is 16.1. The van der Waals surface area contributed by atoms with Crippen LogP contribution in [0.3, 0.4) is 0 Å². The van der Waals surface area contributed by atoms with Gasteiger partial charge in [-0.05, 0) is 56.5 Å². The van der Waals surface area contributed by atoms with Crippen molar-refractivity contribution < 1.29 is 23.5 Å². The third-order valence-corrected chi connectivity index (χ3v) is 5.23. The van der Waals surface area contributed by atoms with E-state index in [-0.39, 0.29) is 23.8 Å². The first kappa shape index (κ1) is 20.8. The number of nitrogens with zero attached hydrogens (tertiary/aromatic N) is 1. The fraction of sp³-hybridized carbons (Fsp3) is 0.455. The van der Waals surface area contributed by atoms with E-state index in [1.807, 2.05) is 32.0 Å². The van der Waals surface area contributed by atoms with Crippen LogP contribution in [0.2, 0.25) is 0 Å². The summed E-state index contributed by atoms with van der Waals surface area (Å²) in [6, 6.07) is 8.89. The average molecular weight is 400 g/mol. The SMILES string of the molecule is CCOc1ccc(C(C)NC(=O)C2CCN(C(=O)c3ccco3)CC2)cc1OC. The molecule has 2 heterocycles. The number of piperidine rings is 1. The maximum absolute atomic E-state index is 12.7. The number of nitrogens with one attached hydrogen (secondary N) is 1. The summed E-state index contributed by atoms with van der Waals surface area (Å²) in [4.78, 5) is 26.8. The number of rotatable bonds is 7. The Kier molecular flexibility index (Phi) is 6.80. The second kappa shape index (κ2) is 9.49. The first-order chi connectivity index (χ1) is 14.0. The number of furan rings is 1. The molecule has 1 fully saturated rings. The van der Waals surface area contributed by atoms with Crippen LogP contribution in [-0.2, 0) is 4.79 Å². The molecule has 1 atom stereocenters. The molecule has 0 spiro atoms. The van der Waals surface area contributed by atoms with Crippen LogP contribution in [-0.4, -0.2) is 43.5 Å². The zero-order valence-electron chi connectivity index (χ0n) is 17.1. The molecule has 0 aliphatic carbocycles. The Hall–Kier alpha value is -2.96. The van der Waals surface area contributed by atoms with Crippen LogP contribution >= 0.6 is 0 Å². The molecule has 1 N–H and O–H groups in total. The van der Waals surface area contributed by atoms with Crippen molar-refractivity contribution in [3.05, 3.63) is 47.9 Å². The molecule has 7 nitrogen and oxygen atoms in total. The van der Waals surface area contributed by atoms with Crippen LogP contribution in [0.5, 0.6) is 11.5 Å². The average Bonchev–Trinajstić information content (AvgIpc) is 3.28. The van der Waals surface area contributed by atoms with E-state index in [1.54, 1.807) is 24.1 Å². The summed E-state index contributed by atoms with van der Waals surface area (Å²) >= 11 is 0. The molecule has 1 saturated heterocycles. The highest BCUT2D eigenvalue weighted by atomic mass is 16.5. The molecule has 0 radical (unpaired) electrons. The lowest BCUT2D eigenvalue weighted by molar-refractivity contribution is -0.127. The number of amides is 2. The lowest BCUT2D eigenvalue weighted by Gasteiger charge is -2.31. The van der Waals surface area contributed by atoms with Crippen molar-refractivity contribution in [1.82, 2.24) is 10.2 Å². The fourth-order valence-corrected chi connectivity index (χ4v) is 3.54. The Morgan fingerprint density at radius 2 is 2.00 bits per heavy atom. The molecule has 3 rings (SSSR count). The largest absolute Gasteiger partial charge is 0.493 e. The lowest BCUT2D eigenvalue weighted by atomic mass is 9.95. The van der Waals surface area contributed by atoms with Crippen molar-refractivity contribution in [2.45, 2.75) is 32.7 Å². The van der Waals surface area contributed by atoms with Gasteiger partial charge in [0.25, 0.3) is 5.91 Å². The molecule has 0 saturated carbocycles. The fourth-order valence-electron chi connectivity index (χ4n) is 3.54. The zero-order valence-corrected chi connectivity index (χ0v) is 17.1. The van der Waals surface area contributed by atoms with Gasteiger partial charge in [0.15, 0.2) is 17.3 Å². The molecule has 1 aliphatic rings. The van der Waals surface area contributed by atoms with Crippen molar-refractivity contribution in [2.75, 3.05) is 26.8 Å². The van der Waals surface area contributed by atoms with Gasteiger partial charge >= 0.3 is 0 Å². The summed E-state index contributed by atoms with van der Waals surface area (Å²) in [5.41, 5.74) is 0.948. The van der Waals surface area contributed by atoms with Crippen molar-refractivity contribution in [1.29, 1.82) is 0 Å². The maximum Gasteiger partial charge on any atom is 0.289 e. The molecular formula is C22H28N2O5. The van der Waals surface area contributed by atoms with E-state index in [1.165, 1.54) is 6.26 Å². The van der Waals surface area contributed by atoms with Gasteiger partial charge in [-0.3, -0.25) is 9.59 Å². The second-order valence-corrected chi connectivity index (χ2v) is 7.12.